The van der Waals surface area contributed by atoms with E-state index in [1.54, 1.807) is 6.20 Å². The summed E-state index contributed by atoms with van der Waals surface area (Å²) >= 11 is 0. The summed E-state index contributed by atoms with van der Waals surface area (Å²) in [6.45, 7) is 3.41. The van der Waals surface area contributed by atoms with E-state index in [1.807, 2.05) is 18.2 Å². The zero-order chi connectivity index (χ0) is 8.93. The largest absolute Gasteiger partial charge is 0.379 e. The lowest BCUT2D eigenvalue weighted by atomic mass is 10.4. The highest BCUT2D eigenvalue weighted by molar-refractivity contribution is 5.31. The van der Waals surface area contributed by atoms with Crippen LogP contribution < -0.4 is 5.43 Å². The number of pyridine rings is 1. The summed E-state index contributed by atoms with van der Waals surface area (Å²) in [7, 11) is 0. The molecule has 1 fully saturated rings. The molecule has 0 atom stereocenters. The molecule has 0 amide bonds. The number of anilines is 1. The Morgan fingerprint density at radius 2 is 2.15 bits per heavy atom. The van der Waals surface area contributed by atoms with Gasteiger partial charge in [-0.2, -0.15) is 0 Å². The quantitative estimate of drug-likeness (QED) is 0.726. The molecule has 70 valence electrons. The molecule has 1 aromatic rings. The van der Waals surface area contributed by atoms with Crippen LogP contribution in [0.2, 0.25) is 0 Å². The van der Waals surface area contributed by atoms with Gasteiger partial charge in [-0.15, -0.1) is 0 Å². The molecular formula is C9H13N3O. The monoisotopic (exact) mass is 179 g/mol. The fraction of sp³-hybridized carbons (Fsp3) is 0.444. The van der Waals surface area contributed by atoms with E-state index < -0.39 is 0 Å². The van der Waals surface area contributed by atoms with Gasteiger partial charge in [0.15, 0.2) is 0 Å². The predicted octanol–water partition coefficient (Wildman–Crippen LogP) is 0.741. The third kappa shape index (κ3) is 2.40. The second kappa shape index (κ2) is 4.20. The van der Waals surface area contributed by atoms with Crippen molar-refractivity contribution < 1.29 is 4.74 Å². The highest BCUT2D eigenvalue weighted by Gasteiger charge is 2.09. The van der Waals surface area contributed by atoms with Gasteiger partial charge in [0.2, 0.25) is 0 Å². The lowest BCUT2D eigenvalue weighted by molar-refractivity contribution is 0.0495. The Bertz CT molecular complexity index is 246. The van der Waals surface area contributed by atoms with Crippen molar-refractivity contribution in [1.29, 1.82) is 0 Å². The average Bonchev–Trinajstić information content (AvgIpc) is 2.21. The number of rotatable bonds is 2. The smallest absolute Gasteiger partial charge is 0.140 e. The molecule has 1 N–H and O–H groups in total. The van der Waals surface area contributed by atoms with Crippen LogP contribution >= 0.6 is 0 Å². The first-order valence-electron chi connectivity index (χ1n) is 4.45. The molecule has 1 aliphatic rings. The zero-order valence-electron chi connectivity index (χ0n) is 7.44. The van der Waals surface area contributed by atoms with Crippen molar-refractivity contribution in [3.05, 3.63) is 24.4 Å². The Labute approximate surface area is 77.5 Å². The number of aromatic nitrogens is 1. The standard InChI is InChI=1S/C9H13N3O/c1-2-4-10-9(3-1)11-12-5-7-13-8-6-12/h1-4H,5-8H2,(H,10,11). The van der Waals surface area contributed by atoms with Gasteiger partial charge in [0.05, 0.1) is 13.2 Å². The van der Waals surface area contributed by atoms with Gasteiger partial charge in [-0.05, 0) is 12.1 Å². The van der Waals surface area contributed by atoms with Crippen LogP contribution in [-0.4, -0.2) is 36.3 Å². The molecule has 0 unspecified atom stereocenters. The average molecular weight is 179 g/mol. The number of nitrogens with zero attached hydrogens (tertiary/aromatic N) is 2. The van der Waals surface area contributed by atoms with Crippen LogP contribution in [0.5, 0.6) is 0 Å². The summed E-state index contributed by atoms with van der Waals surface area (Å²) in [6.07, 6.45) is 1.78. The van der Waals surface area contributed by atoms with E-state index >= 15 is 0 Å². The molecule has 0 saturated carbocycles. The second-order valence-electron chi connectivity index (χ2n) is 2.93. The minimum absolute atomic E-state index is 0.792. The van der Waals surface area contributed by atoms with Gasteiger partial charge >= 0.3 is 0 Å². The van der Waals surface area contributed by atoms with E-state index in [1.165, 1.54) is 0 Å². The molecule has 0 spiro atoms. The number of morpholine rings is 1. The Kier molecular flexibility index (Phi) is 2.74. The third-order valence-corrected chi connectivity index (χ3v) is 1.95. The summed E-state index contributed by atoms with van der Waals surface area (Å²) in [5.74, 6) is 0.893. The molecular weight excluding hydrogens is 166 g/mol. The molecule has 0 aromatic carbocycles. The van der Waals surface area contributed by atoms with Crippen LogP contribution in [-0.2, 0) is 4.74 Å². The zero-order valence-corrected chi connectivity index (χ0v) is 7.44. The van der Waals surface area contributed by atoms with Crippen LogP contribution in [0.15, 0.2) is 24.4 Å². The number of nitrogens with one attached hydrogen (secondary N) is 1. The van der Waals surface area contributed by atoms with E-state index in [-0.39, 0.29) is 0 Å². The number of ether oxygens (including phenoxy) is 1. The highest BCUT2D eigenvalue weighted by Crippen LogP contribution is 2.03. The molecule has 4 nitrogen and oxygen atoms in total. The van der Waals surface area contributed by atoms with Gasteiger partial charge in [-0.1, -0.05) is 6.07 Å². The van der Waals surface area contributed by atoms with Crippen molar-refractivity contribution in [3.63, 3.8) is 0 Å². The Hall–Kier alpha value is -1.13. The summed E-state index contributed by atoms with van der Waals surface area (Å²) < 4.78 is 5.24. The first-order chi connectivity index (χ1) is 6.45. The number of hydrogen-bond donors (Lipinski definition) is 1. The molecule has 2 rings (SSSR count). The minimum atomic E-state index is 0.792. The van der Waals surface area contributed by atoms with E-state index in [4.69, 9.17) is 4.74 Å². The van der Waals surface area contributed by atoms with Crippen LogP contribution in [0.4, 0.5) is 5.82 Å². The topological polar surface area (TPSA) is 37.4 Å². The molecule has 0 radical (unpaired) electrons. The van der Waals surface area contributed by atoms with Crippen molar-refractivity contribution in [2.75, 3.05) is 31.7 Å². The predicted molar refractivity (Wildman–Crippen MR) is 50.3 cm³/mol. The van der Waals surface area contributed by atoms with Crippen molar-refractivity contribution in [2.24, 2.45) is 0 Å². The maximum absolute atomic E-state index is 5.24. The maximum atomic E-state index is 5.24. The van der Waals surface area contributed by atoms with Crippen molar-refractivity contribution >= 4 is 5.82 Å². The lowest BCUT2D eigenvalue weighted by Crippen LogP contribution is -2.40. The van der Waals surface area contributed by atoms with Crippen molar-refractivity contribution in [1.82, 2.24) is 9.99 Å². The number of hydrogen-bond acceptors (Lipinski definition) is 4. The molecule has 1 saturated heterocycles. The second-order valence-corrected chi connectivity index (χ2v) is 2.93. The summed E-state index contributed by atoms with van der Waals surface area (Å²) in [4.78, 5) is 4.18. The highest BCUT2D eigenvalue weighted by atomic mass is 16.5. The lowest BCUT2D eigenvalue weighted by Gasteiger charge is -2.27. The Balaban J connectivity index is 1.90. The summed E-state index contributed by atoms with van der Waals surface area (Å²) in [5, 5.41) is 2.12. The van der Waals surface area contributed by atoms with Crippen LogP contribution in [0, 0.1) is 0 Å². The molecule has 1 aromatic heterocycles. The van der Waals surface area contributed by atoms with Gasteiger partial charge in [0.25, 0.3) is 0 Å². The first-order valence-corrected chi connectivity index (χ1v) is 4.45. The van der Waals surface area contributed by atoms with Crippen molar-refractivity contribution in [2.45, 2.75) is 0 Å². The fourth-order valence-electron chi connectivity index (χ4n) is 1.27. The minimum Gasteiger partial charge on any atom is -0.379 e. The molecule has 0 aliphatic carbocycles. The van der Waals surface area contributed by atoms with E-state index in [0.717, 1.165) is 32.1 Å². The van der Waals surface area contributed by atoms with Crippen LogP contribution in [0.25, 0.3) is 0 Å². The van der Waals surface area contributed by atoms with Gasteiger partial charge < -0.3 is 10.2 Å². The molecule has 1 aliphatic heterocycles. The number of hydrazine groups is 1. The summed E-state index contributed by atoms with van der Waals surface area (Å²) in [5.41, 5.74) is 3.22. The van der Waals surface area contributed by atoms with E-state index in [9.17, 15) is 0 Å². The maximum Gasteiger partial charge on any atom is 0.140 e. The van der Waals surface area contributed by atoms with Crippen LogP contribution in [0.1, 0.15) is 0 Å². The molecule has 0 bridgehead atoms. The van der Waals surface area contributed by atoms with Crippen LogP contribution in [0.3, 0.4) is 0 Å². The Morgan fingerprint density at radius 1 is 1.31 bits per heavy atom. The van der Waals surface area contributed by atoms with E-state index in [2.05, 4.69) is 15.4 Å². The SMILES string of the molecule is c1ccc(NN2CCOCC2)nc1. The summed E-state index contributed by atoms with van der Waals surface area (Å²) in [6, 6.07) is 5.83. The van der Waals surface area contributed by atoms with Gasteiger partial charge in [0.1, 0.15) is 5.82 Å². The molecule has 13 heavy (non-hydrogen) atoms. The fourth-order valence-corrected chi connectivity index (χ4v) is 1.27. The van der Waals surface area contributed by atoms with Crippen molar-refractivity contribution in [3.8, 4) is 0 Å². The normalized spacial score (nSPS) is 18.5. The van der Waals surface area contributed by atoms with Gasteiger partial charge in [0, 0.05) is 19.3 Å². The van der Waals surface area contributed by atoms with Gasteiger partial charge in [-0.3, -0.25) is 0 Å². The first kappa shape index (κ1) is 8.47. The van der Waals surface area contributed by atoms with E-state index in [0.29, 0.717) is 0 Å². The Morgan fingerprint density at radius 3 is 2.85 bits per heavy atom. The third-order valence-electron chi connectivity index (χ3n) is 1.95. The van der Waals surface area contributed by atoms with Gasteiger partial charge in [-0.25, -0.2) is 9.99 Å². The molecule has 4 heteroatoms. The molecule has 2 heterocycles.